The zero-order valence-electron chi connectivity index (χ0n) is 9.83. The number of thiazole rings is 1. The monoisotopic (exact) mass is 350 g/mol. The number of aromatic nitrogens is 1. The Morgan fingerprint density at radius 1 is 1.37 bits per heavy atom. The number of nitrogens with one attached hydrogen (secondary N) is 1. The smallest absolute Gasteiger partial charge is 0.376 e. The summed E-state index contributed by atoms with van der Waals surface area (Å²) in [5.41, 5.74) is -0.276. The summed E-state index contributed by atoms with van der Waals surface area (Å²) in [4.78, 5) is 4.13. The van der Waals surface area contributed by atoms with E-state index in [9.17, 15) is 13.2 Å². The van der Waals surface area contributed by atoms with Gasteiger partial charge in [-0.3, -0.25) is 0 Å². The normalized spacial score (nSPS) is 13.3. The van der Waals surface area contributed by atoms with Crippen LogP contribution in [0.25, 0.3) is 0 Å². The third-order valence-electron chi connectivity index (χ3n) is 2.48. The van der Waals surface area contributed by atoms with Gasteiger partial charge in [0.15, 0.2) is 0 Å². The summed E-state index contributed by atoms with van der Waals surface area (Å²) < 4.78 is 38.3. The highest BCUT2D eigenvalue weighted by atomic mass is 79.9. The standard InChI is InChI=1S/C12H10BrF3N2S/c1-7(11-17-4-5-19-11)18-8-2-3-10(13)9(6-8)12(14,15)16/h2-7,18H,1H3. The molecule has 19 heavy (non-hydrogen) atoms. The molecule has 1 atom stereocenters. The molecule has 0 spiro atoms. The van der Waals surface area contributed by atoms with Crippen molar-refractivity contribution in [1.82, 2.24) is 4.98 Å². The molecule has 0 aliphatic rings. The van der Waals surface area contributed by atoms with E-state index >= 15 is 0 Å². The van der Waals surface area contributed by atoms with Crippen molar-refractivity contribution in [2.75, 3.05) is 5.32 Å². The second-order valence-electron chi connectivity index (χ2n) is 3.93. The lowest BCUT2D eigenvalue weighted by Crippen LogP contribution is -2.10. The van der Waals surface area contributed by atoms with Gasteiger partial charge in [-0.1, -0.05) is 15.9 Å². The summed E-state index contributed by atoms with van der Waals surface area (Å²) in [5, 5.41) is 5.67. The lowest BCUT2D eigenvalue weighted by Gasteiger charge is -2.15. The molecular formula is C12H10BrF3N2S. The van der Waals surface area contributed by atoms with Crippen LogP contribution in [-0.4, -0.2) is 4.98 Å². The minimum absolute atomic E-state index is 0.0347. The first-order valence-corrected chi connectivity index (χ1v) is 7.08. The van der Waals surface area contributed by atoms with E-state index in [1.807, 2.05) is 12.3 Å². The van der Waals surface area contributed by atoms with Crippen LogP contribution in [0.1, 0.15) is 23.5 Å². The van der Waals surface area contributed by atoms with Crippen molar-refractivity contribution < 1.29 is 13.2 Å². The van der Waals surface area contributed by atoms with Crippen molar-refractivity contribution in [3.8, 4) is 0 Å². The maximum Gasteiger partial charge on any atom is 0.417 e. The first-order chi connectivity index (χ1) is 8.88. The van der Waals surface area contributed by atoms with Crippen LogP contribution < -0.4 is 5.32 Å². The van der Waals surface area contributed by atoms with Crippen molar-refractivity contribution >= 4 is 33.0 Å². The molecule has 1 unspecified atom stereocenters. The summed E-state index contributed by atoms with van der Waals surface area (Å²) in [7, 11) is 0. The Kier molecular flexibility index (Phi) is 4.15. The third-order valence-corrected chi connectivity index (χ3v) is 4.13. The quantitative estimate of drug-likeness (QED) is 0.833. The number of benzene rings is 1. The fraction of sp³-hybridized carbons (Fsp3) is 0.250. The van der Waals surface area contributed by atoms with E-state index in [1.54, 1.807) is 12.3 Å². The predicted octanol–water partition coefficient (Wildman–Crippen LogP) is 5.10. The first-order valence-electron chi connectivity index (χ1n) is 5.40. The Balaban J connectivity index is 2.22. The molecule has 0 fully saturated rings. The van der Waals surface area contributed by atoms with Gasteiger partial charge in [-0.15, -0.1) is 11.3 Å². The number of alkyl halides is 3. The van der Waals surface area contributed by atoms with Gasteiger partial charge in [-0.05, 0) is 25.1 Å². The predicted molar refractivity (Wildman–Crippen MR) is 73.3 cm³/mol. The Labute approximate surface area is 120 Å². The molecule has 0 aliphatic heterocycles. The van der Waals surface area contributed by atoms with Gasteiger partial charge in [0.25, 0.3) is 0 Å². The molecule has 0 amide bonds. The van der Waals surface area contributed by atoms with Crippen molar-refractivity contribution in [1.29, 1.82) is 0 Å². The molecule has 0 saturated carbocycles. The number of hydrogen-bond donors (Lipinski definition) is 1. The first kappa shape index (κ1) is 14.3. The number of anilines is 1. The number of nitrogens with zero attached hydrogens (tertiary/aromatic N) is 1. The largest absolute Gasteiger partial charge is 0.417 e. The van der Waals surface area contributed by atoms with E-state index < -0.39 is 11.7 Å². The van der Waals surface area contributed by atoms with Crippen LogP contribution in [0, 0.1) is 0 Å². The van der Waals surface area contributed by atoms with Crippen molar-refractivity contribution in [2.45, 2.75) is 19.1 Å². The Morgan fingerprint density at radius 3 is 2.68 bits per heavy atom. The van der Waals surface area contributed by atoms with Gasteiger partial charge in [0, 0.05) is 21.7 Å². The molecule has 2 aromatic rings. The zero-order valence-corrected chi connectivity index (χ0v) is 12.2. The molecule has 0 aliphatic carbocycles. The molecule has 1 N–H and O–H groups in total. The van der Waals surface area contributed by atoms with E-state index in [0.29, 0.717) is 5.69 Å². The Bertz CT molecular complexity index is 555. The van der Waals surface area contributed by atoms with Crippen molar-refractivity contribution in [3.05, 3.63) is 44.8 Å². The summed E-state index contributed by atoms with van der Waals surface area (Å²) >= 11 is 4.37. The molecule has 0 saturated heterocycles. The van der Waals surface area contributed by atoms with Crippen LogP contribution in [0.4, 0.5) is 18.9 Å². The minimum atomic E-state index is -4.37. The van der Waals surface area contributed by atoms with Gasteiger partial charge in [0.1, 0.15) is 5.01 Å². The molecule has 0 radical (unpaired) electrons. The molecular weight excluding hydrogens is 341 g/mol. The van der Waals surface area contributed by atoms with E-state index in [0.717, 1.165) is 11.1 Å². The van der Waals surface area contributed by atoms with Crippen LogP contribution in [-0.2, 0) is 6.18 Å². The number of rotatable bonds is 3. The molecule has 7 heteroatoms. The summed E-state index contributed by atoms with van der Waals surface area (Å²) in [6.45, 7) is 1.86. The number of hydrogen-bond acceptors (Lipinski definition) is 3. The molecule has 2 rings (SSSR count). The van der Waals surface area contributed by atoms with Crippen LogP contribution in [0.2, 0.25) is 0 Å². The second kappa shape index (κ2) is 5.50. The third kappa shape index (κ3) is 3.48. The SMILES string of the molecule is CC(Nc1ccc(Br)c(C(F)(F)F)c1)c1nccs1. The topological polar surface area (TPSA) is 24.9 Å². The minimum Gasteiger partial charge on any atom is -0.376 e. The summed E-state index contributed by atoms with van der Waals surface area (Å²) in [5.74, 6) is 0. The highest BCUT2D eigenvalue weighted by Crippen LogP contribution is 2.37. The van der Waals surface area contributed by atoms with Crippen molar-refractivity contribution in [3.63, 3.8) is 0 Å². The van der Waals surface area contributed by atoms with Gasteiger partial charge in [0.05, 0.1) is 11.6 Å². The maximum atomic E-state index is 12.8. The second-order valence-corrected chi connectivity index (χ2v) is 5.71. The molecule has 1 heterocycles. The van der Waals surface area contributed by atoms with E-state index in [4.69, 9.17) is 0 Å². The van der Waals surface area contributed by atoms with Crippen LogP contribution >= 0.6 is 27.3 Å². The molecule has 1 aromatic carbocycles. The lowest BCUT2D eigenvalue weighted by atomic mass is 10.2. The number of halogens is 4. The average molecular weight is 351 g/mol. The van der Waals surface area contributed by atoms with Gasteiger partial charge < -0.3 is 5.32 Å². The fourth-order valence-electron chi connectivity index (χ4n) is 1.59. The fourth-order valence-corrected chi connectivity index (χ4v) is 2.71. The van der Waals surface area contributed by atoms with E-state index in [-0.39, 0.29) is 10.5 Å². The summed E-state index contributed by atoms with van der Waals surface area (Å²) in [6, 6.07) is 3.94. The Morgan fingerprint density at radius 2 is 2.11 bits per heavy atom. The molecule has 2 nitrogen and oxygen atoms in total. The highest BCUT2D eigenvalue weighted by molar-refractivity contribution is 9.10. The molecule has 102 valence electrons. The summed E-state index contributed by atoms with van der Waals surface area (Å²) in [6.07, 6.45) is -2.71. The van der Waals surface area contributed by atoms with Gasteiger partial charge in [-0.2, -0.15) is 13.2 Å². The van der Waals surface area contributed by atoms with Gasteiger partial charge in [-0.25, -0.2) is 4.98 Å². The van der Waals surface area contributed by atoms with Crippen LogP contribution in [0.3, 0.4) is 0 Å². The van der Waals surface area contributed by atoms with Crippen molar-refractivity contribution in [2.24, 2.45) is 0 Å². The Hall–Kier alpha value is -1.08. The highest BCUT2D eigenvalue weighted by Gasteiger charge is 2.33. The average Bonchev–Trinajstić information content (AvgIpc) is 2.83. The molecule has 0 bridgehead atoms. The van der Waals surface area contributed by atoms with Gasteiger partial charge >= 0.3 is 6.18 Å². The van der Waals surface area contributed by atoms with Crippen LogP contribution in [0.15, 0.2) is 34.2 Å². The lowest BCUT2D eigenvalue weighted by molar-refractivity contribution is -0.138. The maximum absolute atomic E-state index is 12.8. The van der Waals surface area contributed by atoms with E-state index in [1.165, 1.54) is 17.4 Å². The zero-order chi connectivity index (χ0) is 14.0. The van der Waals surface area contributed by atoms with Gasteiger partial charge in [0.2, 0.25) is 0 Å². The molecule has 1 aromatic heterocycles. The van der Waals surface area contributed by atoms with Crippen LogP contribution in [0.5, 0.6) is 0 Å². The van der Waals surface area contributed by atoms with E-state index in [2.05, 4.69) is 26.2 Å².